The quantitative estimate of drug-likeness (QED) is 0.626. The third-order valence-corrected chi connectivity index (χ3v) is 5.74. The number of nitrogens with zero attached hydrogens (tertiary/aromatic N) is 3. The van der Waals surface area contributed by atoms with Crippen molar-refractivity contribution >= 4 is 21.6 Å². The van der Waals surface area contributed by atoms with Crippen LogP contribution >= 0.6 is 11.6 Å². The van der Waals surface area contributed by atoms with Crippen LogP contribution in [0.5, 0.6) is 0 Å². The molecule has 8 heteroatoms. The van der Waals surface area contributed by atoms with Crippen molar-refractivity contribution in [2.24, 2.45) is 0 Å². The Hall–Kier alpha value is -0.730. The van der Waals surface area contributed by atoms with Crippen molar-refractivity contribution in [3.63, 3.8) is 0 Å². The van der Waals surface area contributed by atoms with Gasteiger partial charge in [0.15, 0.2) is 0 Å². The number of halogens is 2. The molecule has 1 aromatic carbocycles. The van der Waals surface area contributed by atoms with Crippen molar-refractivity contribution in [1.29, 1.82) is 0 Å². The van der Waals surface area contributed by atoms with Gasteiger partial charge in [0.05, 0.1) is 9.92 Å². The fourth-order valence-corrected chi connectivity index (χ4v) is 4.05. The molecule has 0 atom stereocenters. The number of rotatable bonds is 10. The van der Waals surface area contributed by atoms with E-state index in [1.54, 1.807) is 0 Å². The third-order valence-electron chi connectivity index (χ3n) is 3.55. The first-order chi connectivity index (χ1) is 11.1. The lowest BCUT2D eigenvalue weighted by molar-refractivity contribution is 0.326. The molecule has 138 valence electrons. The van der Waals surface area contributed by atoms with Crippen LogP contribution in [0.3, 0.4) is 0 Å². The van der Waals surface area contributed by atoms with Crippen LogP contribution in [0.1, 0.15) is 12.8 Å². The number of hydrogen-bond acceptors (Lipinski definition) is 4. The zero-order valence-corrected chi connectivity index (χ0v) is 16.4. The molecule has 0 aliphatic rings. The summed E-state index contributed by atoms with van der Waals surface area (Å²) < 4.78 is 40.5. The lowest BCUT2D eigenvalue weighted by Gasteiger charge is -2.24. The molecule has 1 aromatic rings. The van der Waals surface area contributed by atoms with E-state index in [-0.39, 0.29) is 9.92 Å². The van der Waals surface area contributed by atoms with Crippen LogP contribution in [0.15, 0.2) is 23.1 Å². The molecule has 0 heterocycles. The molecular formula is C16H27ClFN3O2S. The van der Waals surface area contributed by atoms with Crippen LogP contribution in [0.25, 0.3) is 0 Å². The second-order valence-electron chi connectivity index (χ2n) is 6.29. The molecule has 1 rings (SSSR count). The zero-order chi connectivity index (χ0) is 18.3. The van der Waals surface area contributed by atoms with Crippen LogP contribution in [0.4, 0.5) is 4.39 Å². The van der Waals surface area contributed by atoms with Gasteiger partial charge in [0, 0.05) is 13.1 Å². The molecule has 0 unspecified atom stereocenters. The molecule has 0 spiro atoms. The normalized spacial score (nSPS) is 12.5. The van der Waals surface area contributed by atoms with E-state index in [9.17, 15) is 12.8 Å². The van der Waals surface area contributed by atoms with Gasteiger partial charge in [-0.1, -0.05) is 11.6 Å². The zero-order valence-electron chi connectivity index (χ0n) is 14.8. The minimum absolute atomic E-state index is 0.0311. The second kappa shape index (κ2) is 9.68. The van der Waals surface area contributed by atoms with Gasteiger partial charge < -0.3 is 9.80 Å². The van der Waals surface area contributed by atoms with Gasteiger partial charge >= 0.3 is 0 Å². The predicted molar refractivity (Wildman–Crippen MR) is 96.5 cm³/mol. The van der Waals surface area contributed by atoms with Gasteiger partial charge in [-0.15, -0.1) is 0 Å². The Morgan fingerprint density at radius 3 is 1.88 bits per heavy atom. The minimum atomic E-state index is -3.69. The van der Waals surface area contributed by atoms with Crippen LogP contribution in [0, 0.1) is 5.82 Å². The Morgan fingerprint density at radius 1 is 0.958 bits per heavy atom. The average Bonchev–Trinajstić information content (AvgIpc) is 2.47. The second-order valence-corrected chi connectivity index (χ2v) is 8.64. The molecule has 0 aliphatic heterocycles. The highest BCUT2D eigenvalue weighted by atomic mass is 35.5. The summed E-state index contributed by atoms with van der Waals surface area (Å²) in [5.41, 5.74) is 0. The minimum Gasteiger partial charge on any atom is -0.309 e. The molecular weight excluding hydrogens is 353 g/mol. The van der Waals surface area contributed by atoms with E-state index in [0.29, 0.717) is 13.1 Å². The van der Waals surface area contributed by atoms with Crippen molar-refractivity contribution in [2.45, 2.75) is 17.7 Å². The Morgan fingerprint density at radius 2 is 1.46 bits per heavy atom. The van der Waals surface area contributed by atoms with Gasteiger partial charge in [-0.25, -0.2) is 12.8 Å². The van der Waals surface area contributed by atoms with Crippen LogP contribution in [0.2, 0.25) is 5.02 Å². The van der Waals surface area contributed by atoms with Crippen LogP contribution in [-0.2, 0) is 10.0 Å². The fraction of sp³-hybridized carbons (Fsp3) is 0.625. The molecule has 0 N–H and O–H groups in total. The van der Waals surface area contributed by atoms with Crippen molar-refractivity contribution in [3.05, 3.63) is 29.0 Å². The molecule has 24 heavy (non-hydrogen) atoms. The topological polar surface area (TPSA) is 43.9 Å². The van der Waals surface area contributed by atoms with E-state index in [2.05, 4.69) is 0 Å². The molecule has 0 aliphatic carbocycles. The standard InChI is InChI=1S/C16H27ClFN3O2S/c1-19(2)9-5-11-21(12-6-10-20(3)4)24(22,23)14-7-8-16(18)15(17)13-14/h7-8,13H,5-6,9-12H2,1-4H3. The monoisotopic (exact) mass is 379 g/mol. The smallest absolute Gasteiger partial charge is 0.243 e. The predicted octanol–water partition coefficient (Wildman–Crippen LogP) is 2.37. The third kappa shape index (κ3) is 6.64. The number of benzene rings is 1. The molecule has 0 fully saturated rings. The summed E-state index contributed by atoms with van der Waals surface area (Å²) in [4.78, 5) is 4.06. The van der Waals surface area contributed by atoms with Gasteiger partial charge in [-0.2, -0.15) is 4.31 Å². The van der Waals surface area contributed by atoms with E-state index in [1.807, 2.05) is 38.0 Å². The van der Waals surface area contributed by atoms with Crippen molar-refractivity contribution in [3.8, 4) is 0 Å². The maximum atomic E-state index is 13.3. The summed E-state index contributed by atoms with van der Waals surface area (Å²) in [6.07, 6.45) is 1.45. The highest BCUT2D eigenvalue weighted by molar-refractivity contribution is 7.89. The lowest BCUT2D eigenvalue weighted by atomic mass is 10.3. The number of sulfonamides is 1. The van der Waals surface area contributed by atoms with E-state index < -0.39 is 15.8 Å². The molecule has 0 aromatic heterocycles. The Labute approximate surface area is 150 Å². The van der Waals surface area contributed by atoms with Gasteiger partial charge in [0.2, 0.25) is 10.0 Å². The molecule has 0 saturated carbocycles. The van der Waals surface area contributed by atoms with Gasteiger partial charge in [0.25, 0.3) is 0 Å². The summed E-state index contributed by atoms with van der Waals surface area (Å²) in [7, 11) is 4.11. The van der Waals surface area contributed by atoms with E-state index in [0.717, 1.165) is 32.0 Å². The molecule has 0 bridgehead atoms. The summed E-state index contributed by atoms with van der Waals surface area (Å²) in [5, 5.41) is -0.183. The first-order valence-electron chi connectivity index (χ1n) is 7.89. The van der Waals surface area contributed by atoms with Crippen molar-refractivity contribution < 1.29 is 12.8 Å². The SMILES string of the molecule is CN(C)CCCN(CCCN(C)C)S(=O)(=O)c1ccc(F)c(Cl)c1. The first-order valence-corrected chi connectivity index (χ1v) is 9.71. The molecule has 0 radical (unpaired) electrons. The maximum absolute atomic E-state index is 13.3. The maximum Gasteiger partial charge on any atom is 0.243 e. The van der Waals surface area contributed by atoms with Crippen LogP contribution in [-0.4, -0.2) is 76.9 Å². The Kier molecular flexibility index (Phi) is 8.59. The summed E-state index contributed by atoms with van der Waals surface area (Å²) in [5.74, 6) is -0.623. The highest BCUT2D eigenvalue weighted by Gasteiger charge is 2.24. The summed E-state index contributed by atoms with van der Waals surface area (Å²) in [6.45, 7) is 2.43. The lowest BCUT2D eigenvalue weighted by Crippen LogP contribution is -2.35. The molecule has 0 saturated heterocycles. The summed E-state index contributed by atoms with van der Waals surface area (Å²) in [6, 6.07) is 3.53. The van der Waals surface area contributed by atoms with Crippen molar-refractivity contribution in [2.75, 3.05) is 54.4 Å². The largest absolute Gasteiger partial charge is 0.309 e. The van der Waals surface area contributed by atoms with Crippen LogP contribution < -0.4 is 0 Å². The van der Waals surface area contributed by atoms with E-state index in [1.165, 1.54) is 16.4 Å². The molecule has 0 amide bonds. The summed E-state index contributed by atoms with van der Waals surface area (Å²) >= 11 is 5.75. The average molecular weight is 380 g/mol. The van der Waals surface area contributed by atoms with E-state index >= 15 is 0 Å². The fourth-order valence-electron chi connectivity index (χ4n) is 2.27. The Bertz CT molecular complexity index is 610. The Balaban J connectivity index is 2.93. The van der Waals surface area contributed by atoms with E-state index in [4.69, 9.17) is 11.6 Å². The first kappa shape index (κ1) is 21.3. The van der Waals surface area contributed by atoms with Gasteiger partial charge in [0.1, 0.15) is 5.82 Å². The van der Waals surface area contributed by atoms with Gasteiger partial charge in [-0.05, 0) is 72.3 Å². The highest BCUT2D eigenvalue weighted by Crippen LogP contribution is 2.22. The molecule has 5 nitrogen and oxygen atoms in total. The number of hydrogen-bond donors (Lipinski definition) is 0. The van der Waals surface area contributed by atoms with Crippen molar-refractivity contribution in [1.82, 2.24) is 14.1 Å². The van der Waals surface area contributed by atoms with Gasteiger partial charge in [-0.3, -0.25) is 0 Å².